The lowest BCUT2D eigenvalue weighted by molar-refractivity contribution is 0.270. The lowest BCUT2D eigenvalue weighted by Gasteiger charge is -2.26. The molecule has 0 spiro atoms. The third-order valence-electron chi connectivity index (χ3n) is 4.18. The van der Waals surface area contributed by atoms with E-state index in [0.29, 0.717) is 13.0 Å². The molecule has 1 aliphatic rings. The van der Waals surface area contributed by atoms with Crippen molar-refractivity contribution in [3.63, 3.8) is 0 Å². The van der Waals surface area contributed by atoms with E-state index in [1.54, 1.807) is 0 Å². The summed E-state index contributed by atoms with van der Waals surface area (Å²) in [7, 11) is -2.88. The maximum Gasteiger partial charge on any atom is 0.191 e. The first-order valence-electron chi connectivity index (χ1n) is 8.60. The standard InChI is InChI=1S/C16H33N3O2S.HI/c1-4-17-16(18-10-6-12-22(3,20)21)19-11-9-15-8-5-7-14(2)13-15;/h14-15H,4-13H2,1-3H3,(H2,17,18,19);1H. The van der Waals surface area contributed by atoms with Crippen molar-refractivity contribution in [3.8, 4) is 0 Å². The molecule has 2 unspecified atom stereocenters. The molecule has 1 fully saturated rings. The number of nitrogens with one attached hydrogen (secondary N) is 2. The van der Waals surface area contributed by atoms with Gasteiger partial charge in [-0.2, -0.15) is 0 Å². The van der Waals surface area contributed by atoms with Gasteiger partial charge in [0.1, 0.15) is 9.84 Å². The van der Waals surface area contributed by atoms with Gasteiger partial charge in [-0.05, 0) is 38.0 Å². The molecule has 0 aromatic rings. The highest BCUT2D eigenvalue weighted by atomic mass is 127. The van der Waals surface area contributed by atoms with Gasteiger partial charge in [0.05, 0.1) is 5.75 Å². The van der Waals surface area contributed by atoms with Gasteiger partial charge in [0.15, 0.2) is 5.96 Å². The summed E-state index contributed by atoms with van der Waals surface area (Å²) in [5, 5.41) is 6.59. The Morgan fingerprint density at radius 3 is 2.61 bits per heavy atom. The molecule has 2 atom stereocenters. The van der Waals surface area contributed by atoms with Crippen molar-refractivity contribution < 1.29 is 8.42 Å². The summed E-state index contributed by atoms with van der Waals surface area (Å²) in [6.07, 6.45) is 8.50. The quantitative estimate of drug-likeness (QED) is 0.254. The predicted molar refractivity (Wildman–Crippen MR) is 109 cm³/mol. The lowest BCUT2D eigenvalue weighted by atomic mass is 9.81. The van der Waals surface area contributed by atoms with E-state index >= 15 is 0 Å². The highest BCUT2D eigenvalue weighted by Crippen LogP contribution is 2.30. The zero-order valence-electron chi connectivity index (χ0n) is 14.8. The molecular weight excluding hydrogens is 425 g/mol. The molecule has 0 aromatic heterocycles. The number of aliphatic imine (C=N–C) groups is 1. The van der Waals surface area contributed by atoms with E-state index in [1.807, 2.05) is 6.92 Å². The molecule has 138 valence electrons. The number of sulfone groups is 1. The van der Waals surface area contributed by atoms with Crippen LogP contribution >= 0.6 is 24.0 Å². The summed E-state index contributed by atoms with van der Waals surface area (Å²) in [6.45, 7) is 6.69. The number of hydrogen-bond donors (Lipinski definition) is 2. The van der Waals surface area contributed by atoms with Gasteiger partial charge in [-0.15, -0.1) is 24.0 Å². The van der Waals surface area contributed by atoms with E-state index in [2.05, 4.69) is 22.5 Å². The Kier molecular flexibility index (Phi) is 12.3. The first-order valence-corrected chi connectivity index (χ1v) is 10.7. The molecule has 2 N–H and O–H groups in total. The summed E-state index contributed by atoms with van der Waals surface area (Å²) in [4.78, 5) is 4.44. The zero-order valence-corrected chi connectivity index (χ0v) is 18.0. The van der Waals surface area contributed by atoms with E-state index in [-0.39, 0.29) is 29.7 Å². The molecule has 0 saturated heterocycles. The minimum absolute atomic E-state index is 0. The van der Waals surface area contributed by atoms with Crippen LogP contribution in [0.1, 0.15) is 52.4 Å². The van der Waals surface area contributed by atoms with Crippen LogP contribution in [0.4, 0.5) is 0 Å². The number of hydrogen-bond acceptors (Lipinski definition) is 3. The third kappa shape index (κ3) is 12.0. The van der Waals surface area contributed by atoms with Crippen molar-refractivity contribution >= 4 is 39.8 Å². The van der Waals surface area contributed by atoms with Crippen LogP contribution in [-0.4, -0.2) is 46.0 Å². The minimum Gasteiger partial charge on any atom is -0.357 e. The van der Waals surface area contributed by atoms with E-state index in [4.69, 9.17) is 0 Å². The fourth-order valence-electron chi connectivity index (χ4n) is 3.08. The molecule has 0 heterocycles. The van der Waals surface area contributed by atoms with Crippen molar-refractivity contribution in [2.45, 2.75) is 52.4 Å². The Morgan fingerprint density at radius 1 is 1.26 bits per heavy atom. The molecule has 0 aliphatic heterocycles. The highest BCUT2D eigenvalue weighted by Gasteiger charge is 2.18. The number of rotatable bonds is 8. The van der Waals surface area contributed by atoms with Crippen LogP contribution < -0.4 is 10.6 Å². The summed E-state index contributed by atoms with van der Waals surface area (Å²) >= 11 is 0. The van der Waals surface area contributed by atoms with Crippen molar-refractivity contribution in [1.29, 1.82) is 0 Å². The van der Waals surface area contributed by atoms with Crippen molar-refractivity contribution in [3.05, 3.63) is 0 Å². The molecule has 0 aromatic carbocycles. The average molecular weight is 459 g/mol. The van der Waals surface area contributed by atoms with Gasteiger partial charge in [0, 0.05) is 25.9 Å². The van der Waals surface area contributed by atoms with Crippen LogP contribution in [0.2, 0.25) is 0 Å². The largest absolute Gasteiger partial charge is 0.357 e. The second-order valence-electron chi connectivity index (χ2n) is 6.60. The van der Waals surface area contributed by atoms with Gasteiger partial charge in [-0.25, -0.2) is 8.42 Å². The maximum absolute atomic E-state index is 11.1. The Hall–Kier alpha value is -0.0500. The van der Waals surface area contributed by atoms with Crippen molar-refractivity contribution in [2.75, 3.05) is 31.6 Å². The van der Waals surface area contributed by atoms with Crippen LogP contribution in [0.3, 0.4) is 0 Å². The Bertz CT molecular complexity index is 441. The summed E-state index contributed by atoms with van der Waals surface area (Å²) < 4.78 is 22.2. The highest BCUT2D eigenvalue weighted by molar-refractivity contribution is 14.0. The van der Waals surface area contributed by atoms with Gasteiger partial charge in [-0.3, -0.25) is 4.99 Å². The molecule has 5 nitrogen and oxygen atoms in total. The van der Waals surface area contributed by atoms with E-state index < -0.39 is 9.84 Å². The first kappa shape index (κ1) is 22.9. The number of guanidine groups is 1. The van der Waals surface area contributed by atoms with Crippen molar-refractivity contribution in [2.24, 2.45) is 16.8 Å². The molecule has 1 saturated carbocycles. The number of nitrogens with zero attached hydrogens (tertiary/aromatic N) is 1. The normalized spacial score (nSPS) is 22.3. The second kappa shape index (κ2) is 12.3. The monoisotopic (exact) mass is 459 g/mol. The molecular formula is C16H34IN3O2S. The fraction of sp³-hybridized carbons (Fsp3) is 0.938. The zero-order chi connectivity index (χ0) is 16.4. The topological polar surface area (TPSA) is 70.6 Å². The molecule has 1 aliphatic carbocycles. The predicted octanol–water partition coefficient (Wildman–Crippen LogP) is 2.81. The maximum atomic E-state index is 11.1. The summed E-state index contributed by atoms with van der Waals surface area (Å²) in [5.74, 6) is 2.72. The molecule has 0 bridgehead atoms. The van der Waals surface area contributed by atoms with Crippen LogP contribution in [0.5, 0.6) is 0 Å². The first-order chi connectivity index (χ1) is 10.4. The minimum atomic E-state index is -2.88. The Labute approximate surface area is 159 Å². The number of halogens is 1. The average Bonchev–Trinajstić information content (AvgIpc) is 2.42. The van der Waals surface area contributed by atoms with Crippen LogP contribution in [0.25, 0.3) is 0 Å². The van der Waals surface area contributed by atoms with Crippen LogP contribution in [0.15, 0.2) is 4.99 Å². The van der Waals surface area contributed by atoms with E-state index in [9.17, 15) is 8.42 Å². The van der Waals surface area contributed by atoms with Crippen LogP contribution in [-0.2, 0) is 9.84 Å². The smallest absolute Gasteiger partial charge is 0.191 e. The van der Waals surface area contributed by atoms with Gasteiger partial charge in [0.25, 0.3) is 0 Å². The molecule has 0 radical (unpaired) electrons. The van der Waals surface area contributed by atoms with E-state index in [0.717, 1.165) is 30.9 Å². The van der Waals surface area contributed by atoms with Gasteiger partial charge in [0.2, 0.25) is 0 Å². The fourth-order valence-corrected chi connectivity index (χ4v) is 3.73. The van der Waals surface area contributed by atoms with Crippen molar-refractivity contribution in [1.82, 2.24) is 10.6 Å². The van der Waals surface area contributed by atoms with Gasteiger partial charge >= 0.3 is 0 Å². The molecule has 7 heteroatoms. The van der Waals surface area contributed by atoms with E-state index in [1.165, 1.54) is 38.4 Å². The molecule has 1 rings (SSSR count). The Balaban J connectivity index is 0.00000484. The molecule has 0 amide bonds. The molecule has 23 heavy (non-hydrogen) atoms. The Morgan fingerprint density at radius 2 is 2.00 bits per heavy atom. The third-order valence-corrected chi connectivity index (χ3v) is 5.21. The second-order valence-corrected chi connectivity index (χ2v) is 8.86. The van der Waals surface area contributed by atoms with Gasteiger partial charge in [-0.1, -0.05) is 26.2 Å². The summed E-state index contributed by atoms with van der Waals surface area (Å²) in [6, 6.07) is 0. The lowest BCUT2D eigenvalue weighted by Crippen LogP contribution is -2.38. The summed E-state index contributed by atoms with van der Waals surface area (Å²) in [5.41, 5.74) is 0. The van der Waals surface area contributed by atoms with Gasteiger partial charge < -0.3 is 10.6 Å². The van der Waals surface area contributed by atoms with Crippen LogP contribution in [0, 0.1) is 11.8 Å². The SMILES string of the molecule is CCNC(=NCCCS(C)(=O)=O)NCCC1CCCC(C)C1.I.